The Bertz CT molecular complexity index is 913. The molecule has 2 heterocycles. The number of nitrogens with zero attached hydrogens (tertiary/aromatic N) is 4. The summed E-state index contributed by atoms with van der Waals surface area (Å²) in [6.45, 7) is 0.835. The Balaban J connectivity index is 2.18. The minimum atomic E-state index is -4.96. The second kappa shape index (κ2) is 8.45. The summed E-state index contributed by atoms with van der Waals surface area (Å²) in [6.07, 6.45) is -0.773. The van der Waals surface area contributed by atoms with Crippen molar-refractivity contribution in [2.75, 3.05) is 6.61 Å². The number of rotatable bonds is 7. The molecule has 27 heavy (non-hydrogen) atoms. The third-order valence-electron chi connectivity index (χ3n) is 3.67. The fourth-order valence-electron chi connectivity index (χ4n) is 2.34. The average molecular weight is 407 g/mol. The lowest BCUT2D eigenvalue weighted by molar-refractivity contribution is -0.206. The van der Waals surface area contributed by atoms with E-state index in [9.17, 15) is 18.9 Å². The van der Waals surface area contributed by atoms with Crippen LogP contribution in [-0.2, 0) is 23.4 Å². The molecule has 0 radical (unpaired) electrons. The minimum absolute atomic E-state index is 0.00231. The predicted octanol–water partition coefficient (Wildman–Crippen LogP) is 1.12. The Kier molecular flexibility index (Phi) is 6.51. The van der Waals surface area contributed by atoms with Crippen molar-refractivity contribution in [3.05, 3.63) is 43.0 Å². The lowest BCUT2D eigenvalue weighted by Crippen LogP contribution is -2.33. The molecule has 1 aromatic rings. The van der Waals surface area contributed by atoms with Crippen LogP contribution in [0.25, 0.3) is 10.4 Å². The van der Waals surface area contributed by atoms with Gasteiger partial charge in [0.25, 0.3) is 5.56 Å². The van der Waals surface area contributed by atoms with Crippen molar-refractivity contribution in [3.8, 4) is 0 Å². The van der Waals surface area contributed by atoms with Crippen molar-refractivity contribution in [2.24, 2.45) is 5.11 Å². The molecule has 0 saturated carbocycles. The average Bonchev–Trinajstić information content (AvgIpc) is 3.04. The number of nitrogens with one attached hydrogen (secondary N) is 1. The zero-order valence-corrected chi connectivity index (χ0v) is 14.5. The van der Waals surface area contributed by atoms with E-state index in [-0.39, 0.29) is 12.0 Å². The van der Waals surface area contributed by atoms with Crippen LogP contribution in [0.5, 0.6) is 0 Å². The molecule has 0 amide bonds. The van der Waals surface area contributed by atoms with Gasteiger partial charge >= 0.3 is 19.0 Å². The van der Waals surface area contributed by atoms with Gasteiger partial charge in [-0.15, -0.1) is 9.35 Å². The second-order valence-electron chi connectivity index (χ2n) is 5.35. The van der Waals surface area contributed by atoms with Gasteiger partial charge in [-0.1, -0.05) is 5.11 Å². The van der Waals surface area contributed by atoms with Crippen LogP contribution >= 0.6 is 7.60 Å². The van der Waals surface area contributed by atoms with Crippen LogP contribution in [0.1, 0.15) is 18.2 Å². The molecule has 148 valence electrons. The van der Waals surface area contributed by atoms with E-state index in [1.165, 1.54) is 13.1 Å². The maximum Gasteiger partial charge on any atom is 0.491 e. The molecule has 0 spiro atoms. The van der Waals surface area contributed by atoms with Crippen molar-refractivity contribution in [2.45, 2.75) is 31.7 Å². The van der Waals surface area contributed by atoms with E-state index >= 15 is 0 Å². The topological polar surface area (TPSA) is 215 Å². The molecule has 1 aliphatic heterocycles. The fourth-order valence-corrected chi connectivity index (χ4v) is 2.73. The number of aryl methyl sites for hydroxylation is 1. The predicted molar refractivity (Wildman–Crippen MR) is 83.9 cm³/mol. The Hall–Kier alpha value is -2.51. The molecule has 2 rings (SSSR count). The number of aromatic nitrogens is 2. The monoisotopic (exact) mass is 407 g/mol. The highest BCUT2D eigenvalue weighted by atomic mass is 31.2. The Morgan fingerprint density at radius 1 is 1.52 bits per heavy atom. The fraction of sp³-hybridized carbons (Fsp3) is 0.545. The van der Waals surface area contributed by atoms with Crippen molar-refractivity contribution in [1.82, 2.24) is 9.55 Å². The molecule has 3 atom stereocenters. The molecular formula is C11H14N5O10P. The van der Waals surface area contributed by atoms with Crippen LogP contribution in [0.4, 0.5) is 4.79 Å². The van der Waals surface area contributed by atoms with Crippen LogP contribution in [0.2, 0.25) is 0 Å². The third-order valence-corrected chi connectivity index (χ3v) is 4.68. The normalized spacial score (nSPS) is 22.3. The van der Waals surface area contributed by atoms with Gasteiger partial charge in [-0.3, -0.25) is 14.3 Å². The summed E-state index contributed by atoms with van der Waals surface area (Å²) in [7, 11) is -4.96. The molecule has 15 nitrogen and oxygen atoms in total. The first-order chi connectivity index (χ1) is 12.8. The van der Waals surface area contributed by atoms with Gasteiger partial charge in [0.2, 0.25) is 0 Å². The molecule has 0 aromatic carbocycles. The summed E-state index contributed by atoms with van der Waals surface area (Å²) < 4.78 is 29.2. The Morgan fingerprint density at radius 3 is 2.78 bits per heavy atom. The van der Waals surface area contributed by atoms with E-state index in [2.05, 4.69) is 29.1 Å². The number of azide groups is 1. The first-order valence-electron chi connectivity index (χ1n) is 7.21. The molecule has 0 bridgehead atoms. The van der Waals surface area contributed by atoms with E-state index < -0.39 is 49.5 Å². The van der Waals surface area contributed by atoms with Gasteiger partial charge < -0.3 is 9.47 Å². The van der Waals surface area contributed by atoms with E-state index in [0.717, 1.165) is 4.57 Å². The van der Waals surface area contributed by atoms with Gasteiger partial charge in [-0.25, -0.2) is 24.7 Å². The smallest absolute Gasteiger partial charge is 0.454 e. The van der Waals surface area contributed by atoms with Gasteiger partial charge in [0.05, 0.1) is 6.04 Å². The Morgan fingerprint density at radius 2 is 2.19 bits per heavy atom. The molecule has 1 fully saturated rings. The van der Waals surface area contributed by atoms with Crippen molar-refractivity contribution < 1.29 is 38.7 Å². The van der Waals surface area contributed by atoms with Gasteiger partial charge in [0.1, 0.15) is 18.9 Å². The van der Waals surface area contributed by atoms with Crippen LogP contribution in [-0.4, -0.2) is 44.5 Å². The number of carbonyl (C=O) groups is 1. The van der Waals surface area contributed by atoms with Crippen LogP contribution in [0.15, 0.2) is 20.9 Å². The number of hydrogen-bond donors (Lipinski definition) is 3. The van der Waals surface area contributed by atoms with Crippen LogP contribution < -0.4 is 11.2 Å². The molecule has 1 aliphatic rings. The largest absolute Gasteiger partial charge is 0.491 e. The molecule has 1 saturated heterocycles. The third kappa shape index (κ3) is 4.43. The van der Waals surface area contributed by atoms with E-state index in [1.54, 1.807) is 0 Å². The quantitative estimate of drug-likeness (QED) is 0.146. The summed E-state index contributed by atoms with van der Waals surface area (Å²) >= 11 is 0. The molecular weight excluding hydrogens is 393 g/mol. The van der Waals surface area contributed by atoms with Gasteiger partial charge in [-0.2, -0.15) is 0 Å². The SMILES string of the molecule is Cc1cn([C@H]2C[C@H](N=[N+]=[N-])[C@@H](COC(=O)P(=O)(OO)OO)O2)c(=O)[nH]c1=O. The van der Waals surface area contributed by atoms with Gasteiger partial charge in [0.15, 0.2) is 0 Å². The van der Waals surface area contributed by atoms with Crippen molar-refractivity contribution in [3.63, 3.8) is 0 Å². The highest BCUT2D eigenvalue weighted by Gasteiger charge is 2.42. The maximum atomic E-state index is 11.9. The zero-order valence-electron chi connectivity index (χ0n) is 13.6. The standard InChI is InChI=1S/C11H14N5O10P/c1-5-3-16(10(18)13-9(5)17)8-2-6(14-15-12)7(24-8)4-23-11(19)27(22,25-20)26-21/h3,6-8,20-21H,2,4H2,1H3,(H,13,17,18)/t6-,7+,8+/m0/s1. The van der Waals surface area contributed by atoms with Gasteiger partial charge in [-0.05, 0) is 12.5 Å². The van der Waals surface area contributed by atoms with Crippen molar-refractivity contribution in [1.29, 1.82) is 0 Å². The number of carbonyl (C=O) groups excluding carboxylic acids is 1. The summed E-state index contributed by atoms with van der Waals surface area (Å²) in [6, 6.07) is -0.892. The number of H-pyrrole nitrogens is 1. The molecule has 0 unspecified atom stereocenters. The van der Waals surface area contributed by atoms with E-state index in [0.29, 0.717) is 0 Å². The van der Waals surface area contributed by atoms with Crippen LogP contribution in [0.3, 0.4) is 0 Å². The molecule has 0 aliphatic carbocycles. The number of ether oxygens (including phenoxy) is 2. The van der Waals surface area contributed by atoms with E-state index in [1.807, 2.05) is 0 Å². The Labute approximate surface area is 149 Å². The van der Waals surface area contributed by atoms with E-state index in [4.69, 9.17) is 20.8 Å². The first-order valence-corrected chi connectivity index (χ1v) is 8.75. The maximum absolute atomic E-state index is 11.9. The lowest BCUT2D eigenvalue weighted by atomic mass is 10.1. The molecule has 16 heteroatoms. The number of hydrogen-bond acceptors (Lipinski definition) is 11. The minimum Gasteiger partial charge on any atom is -0.454 e. The molecule has 1 aromatic heterocycles. The lowest BCUT2D eigenvalue weighted by Gasteiger charge is -2.17. The highest BCUT2D eigenvalue weighted by molar-refractivity contribution is 7.71. The summed E-state index contributed by atoms with van der Waals surface area (Å²) in [5.74, 6) is 0. The highest BCUT2D eigenvalue weighted by Crippen LogP contribution is 2.48. The van der Waals surface area contributed by atoms with Gasteiger partial charge in [0, 0.05) is 23.1 Å². The summed E-state index contributed by atoms with van der Waals surface area (Å²) in [4.78, 5) is 39.6. The number of aromatic amines is 1. The summed E-state index contributed by atoms with van der Waals surface area (Å²) in [5, 5.41) is 20.2. The summed E-state index contributed by atoms with van der Waals surface area (Å²) in [5.41, 5.74) is 5.81. The zero-order chi connectivity index (χ0) is 20.2. The molecule has 3 N–H and O–H groups in total. The van der Waals surface area contributed by atoms with Crippen molar-refractivity contribution >= 4 is 13.3 Å². The van der Waals surface area contributed by atoms with Crippen LogP contribution in [0, 0.1) is 6.92 Å². The first kappa shape index (κ1) is 20.8. The second-order valence-corrected chi connectivity index (χ2v) is 7.04.